The topological polar surface area (TPSA) is 200 Å². The van der Waals surface area contributed by atoms with Crippen LogP contribution in [0.3, 0.4) is 0 Å². The minimum atomic E-state index is -1.99. The van der Waals surface area contributed by atoms with Gasteiger partial charge in [-0.2, -0.15) is 0 Å². The maximum Gasteiger partial charge on any atom is 0.262 e. The minimum Gasteiger partial charge on any atom is -0.394 e. The van der Waals surface area contributed by atoms with Crippen molar-refractivity contribution >= 4 is 21.5 Å². The van der Waals surface area contributed by atoms with Crippen LogP contribution in [0.15, 0.2) is 31.3 Å². The molecular formula is C18H20N2O10. The lowest BCUT2D eigenvalue weighted by atomic mass is 10.0. The van der Waals surface area contributed by atoms with Crippen LogP contribution in [0.25, 0.3) is 21.5 Å². The van der Waals surface area contributed by atoms with E-state index in [-0.39, 0.29) is 21.5 Å². The Morgan fingerprint density at radius 2 is 0.700 bits per heavy atom. The van der Waals surface area contributed by atoms with E-state index in [4.69, 9.17) is 0 Å². The van der Waals surface area contributed by atoms with E-state index in [0.717, 1.165) is 12.1 Å². The molecule has 3 rings (SSSR count). The summed E-state index contributed by atoms with van der Waals surface area (Å²) in [7, 11) is 0. The first-order chi connectivity index (χ1) is 14.2. The van der Waals surface area contributed by atoms with Crippen LogP contribution in [-0.4, -0.2) is 79.4 Å². The quantitative estimate of drug-likeness (QED) is 0.204. The number of nitrogens with zero attached hydrogens (tertiary/aromatic N) is 2. The lowest BCUT2D eigenvalue weighted by molar-refractivity contribution is 0.0117. The highest BCUT2D eigenvalue weighted by Gasteiger charge is 2.37. The Balaban J connectivity index is 2.47. The van der Waals surface area contributed by atoms with Crippen LogP contribution < -0.4 is 22.2 Å². The maximum atomic E-state index is 12.8. The average Bonchev–Trinajstić information content (AvgIpc) is 3.17. The molecule has 12 heteroatoms. The van der Waals surface area contributed by atoms with Crippen molar-refractivity contribution < 1.29 is 30.6 Å². The van der Waals surface area contributed by atoms with E-state index in [1.54, 1.807) is 0 Å². The molecular weight excluding hydrogens is 404 g/mol. The van der Waals surface area contributed by atoms with Gasteiger partial charge in [0.05, 0.1) is 61.2 Å². The summed E-state index contributed by atoms with van der Waals surface area (Å²) in [6.07, 6.45) is 0. The first kappa shape index (κ1) is 22.0. The fourth-order valence-corrected chi connectivity index (χ4v) is 3.56. The molecule has 6 N–H and O–H groups in total. The van der Waals surface area contributed by atoms with Crippen LogP contribution in [0, 0.1) is 0 Å². The van der Waals surface area contributed by atoms with Gasteiger partial charge in [0.15, 0.2) is 0 Å². The second kappa shape index (κ2) is 7.50. The monoisotopic (exact) mass is 424 g/mol. The van der Waals surface area contributed by atoms with E-state index in [9.17, 15) is 49.8 Å². The molecule has 0 aliphatic carbocycles. The number of fused-ring (bicyclic) bond motifs is 2. The minimum absolute atomic E-state index is 0.288. The van der Waals surface area contributed by atoms with E-state index < -0.39 is 73.0 Å². The van der Waals surface area contributed by atoms with Gasteiger partial charge in [0.25, 0.3) is 22.2 Å². The fourth-order valence-electron chi connectivity index (χ4n) is 3.56. The summed E-state index contributed by atoms with van der Waals surface area (Å²) in [6, 6.07) is 1.97. The van der Waals surface area contributed by atoms with E-state index in [1.807, 2.05) is 0 Å². The Morgan fingerprint density at radius 1 is 0.500 bits per heavy atom. The van der Waals surface area contributed by atoms with Crippen molar-refractivity contribution in [1.29, 1.82) is 0 Å². The Morgan fingerprint density at radius 3 is 0.867 bits per heavy atom. The number of hydrogen-bond donors (Lipinski definition) is 6. The van der Waals surface area contributed by atoms with E-state index in [1.165, 1.54) is 0 Å². The Hall–Kier alpha value is -2.74. The van der Waals surface area contributed by atoms with E-state index in [0.29, 0.717) is 9.13 Å². The lowest BCUT2D eigenvalue weighted by Crippen LogP contribution is -2.53. The van der Waals surface area contributed by atoms with E-state index >= 15 is 0 Å². The summed E-state index contributed by atoms with van der Waals surface area (Å²) in [6.45, 7) is -5.57. The molecule has 2 aromatic heterocycles. The molecule has 3 aromatic rings. The third kappa shape index (κ3) is 2.62. The Bertz CT molecular complexity index is 1110. The van der Waals surface area contributed by atoms with Crippen LogP contribution in [0.1, 0.15) is 0 Å². The van der Waals surface area contributed by atoms with Crippen molar-refractivity contribution in [1.82, 2.24) is 9.13 Å². The molecule has 0 fully saturated rings. The molecule has 30 heavy (non-hydrogen) atoms. The summed E-state index contributed by atoms with van der Waals surface area (Å²) in [5, 5.41) is 56.2. The zero-order valence-electron chi connectivity index (χ0n) is 15.6. The van der Waals surface area contributed by atoms with Crippen molar-refractivity contribution in [3.8, 4) is 0 Å². The van der Waals surface area contributed by atoms with E-state index in [2.05, 4.69) is 0 Å². The number of hydrogen-bond acceptors (Lipinski definition) is 10. The average molecular weight is 424 g/mol. The predicted octanol–water partition coefficient (Wildman–Crippen LogP) is -4.74. The van der Waals surface area contributed by atoms with Crippen molar-refractivity contribution in [3.05, 3.63) is 53.5 Å². The second-order valence-electron chi connectivity index (χ2n) is 7.23. The zero-order valence-corrected chi connectivity index (χ0v) is 15.6. The highest BCUT2D eigenvalue weighted by atomic mass is 16.3. The molecule has 0 aliphatic heterocycles. The van der Waals surface area contributed by atoms with Crippen LogP contribution in [0.4, 0.5) is 0 Å². The molecule has 0 unspecified atom stereocenters. The van der Waals surface area contributed by atoms with Crippen molar-refractivity contribution in [2.24, 2.45) is 0 Å². The largest absolute Gasteiger partial charge is 0.394 e. The van der Waals surface area contributed by atoms with Gasteiger partial charge in [0.1, 0.15) is 11.1 Å². The van der Waals surface area contributed by atoms with Gasteiger partial charge in [-0.15, -0.1) is 0 Å². The molecule has 0 atom stereocenters. The lowest BCUT2D eigenvalue weighted by Gasteiger charge is -2.27. The molecule has 0 saturated carbocycles. The molecule has 162 valence electrons. The van der Waals surface area contributed by atoms with Gasteiger partial charge in [0, 0.05) is 0 Å². The third-order valence-corrected chi connectivity index (χ3v) is 5.61. The first-order valence-electron chi connectivity index (χ1n) is 8.83. The van der Waals surface area contributed by atoms with Gasteiger partial charge in [-0.05, 0) is 12.1 Å². The van der Waals surface area contributed by atoms with Gasteiger partial charge in [0.2, 0.25) is 0 Å². The maximum absolute atomic E-state index is 12.8. The van der Waals surface area contributed by atoms with Gasteiger partial charge in [-0.25, -0.2) is 0 Å². The molecule has 0 aliphatic rings. The highest BCUT2D eigenvalue weighted by Crippen LogP contribution is 2.20. The molecule has 2 heterocycles. The van der Waals surface area contributed by atoms with Gasteiger partial charge < -0.3 is 30.6 Å². The number of aromatic nitrogens is 2. The van der Waals surface area contributed by atoms with Crippen molar-refractivity contribution in [3.63, 3.8) is 0 Å². The Kier molecular flexibility index (Phi) is 5.49. The number of rotatable bonds is 8. The smallest absolute Gasteiger partial charge is 0.262 e. The molecule has 0 radical (unpaired) electrons. The molecule has 0 bridgehead atoms. The third-order valence-electron chi connectivity index (χ3n) is 5.61. The SMILES string of the molecule is O=c1c2cc3c(=O)n(C(CO)(CO)CO)c(=O)c3cc2c(=O)n1C(CO)(CO)CO. The summed E-state index contributed by atoms with van der Waals surface area (Å²) >= 11 is 0. The Labute approximate surface area is 166 Å². The zero-order chi connectivity index (χ0) is 22.4. The number of aliphatic hydroxyl groups is 6. The normalized spacial score (nSPS) is 13.0. The molecule has 12 nitrogen and oxygen atoms in total. The molecule has 0 saturated heterocycles. The summed E-state index contributed by atoms with van der Waals surface area (Å²) in [5.41, 5.74) is -7.95. The fraction of sp³-hybridized carbons (Fsp3) is 0.444. The van der Waals surface area contributed by atoms with Crippen LogP contribution in [0.5, 0.6) is 0 Å². The summed E-state index contributed by atoms with van der Waals surface area (Å²) in [4.78, 5) is 51.2. The summed E-state index contributed by atoms with van der Waals surface area (Å²) in [5.74, 6) is 0. The summed E-state index contributed by atoms with van der Waals surface area (Å²) < 4.78 is 0.970. The molecule has 0 amide bonds. The van der Waals surface area contributed by atoms with Gasteiger partial charge in [-0.3, -0.25) is 28.3 Å². The number of benzene rings is 1. The standard InChI is InChI=1S/C18H20N2O10/c21-3-17(4-22,5-23)19-13(27)9-1-10-12(2-11(9)15(19)29)16(30)20(14(10)28)18(6-24,7-25)8-26/h1-2,21-26H,3-8H2. The molecule has 1 aromatic carbocycles. The number of aliphatic hydroxyl groups excluding tert-OH is 6. The second-order valence-corrected chi connectivity index (χ2v) is 7.23. The predicted molar refractivity (Wildman–Crippen MR) is 103 cm³/mol. The van der Waals surface area contributed by atoms with Crippen molar-refractivity contribution in [2.45, 2.75) is 11.1 Å². The van der Waals surface area contributed by atoms with Crippen molar-refractivity contribution in [2.75, 3.05) is 39.6 Å². The van der Waals surface area contributed by atoms with Crippen LogP contribution >= 0.6 is 0 Å². The first-order valence-corrected chi connectivity index (χ1v) is 8.83. The molecule has 0 spiro atoms. The highest BCUT2D eigenvalue weighted by molar-refractivity contribution is 5.98. The van der Waals surface area contributed by atoms with Gasteiger partial charge in [-0.1, -0.05) is 0 Å². The van der Waals surface area contributed by atoms with Crippen LogP contribution in [0.2, 0.25) is 0 Å². The van der Waals surface area contributed by atoms with Gasteiger partial charge >= 0.3 is 0 Å². The van der Waals surface area contributed by atoms with Crippen LogP contribution in [-0.2, 0) is 11.1 Å².